The molecule has 23 heavy (non-hydrogen) atoms. The molecule has 0 radical (unpaired) electrons. The molecule has 1 heterocycles. The Morgan fingerprint density at radius 2 is 1.87 bits per heavy atom. The molecule has 4 rings (SSSR count). The van der Waals surface area contributed by atoms with Crippen molar-refractivity contribution >= 4 is 5.69 Å². The zero-order chi connectivity index (χ0) is 15.6. The Morgan fingerprint density at radius 1 is 1.04 bits per heavy atom. The van der Waals surface area contributed by atoms with Gasteiger partial charge in [-0.25, -0.2) is 0 Å². The van der Waals surface area contributed by atoms with Gasteiger partial charge < -0.3 is 9.64 Å². The summed E-state index contributed by atoms with van der Waals surface area (Å²) in [5, 5.41) is 0. The molecular weight excluding hydrogens is 284 g/mol. The third-order valence-corrected chi connectivity index (χ3v) is 5.79. The van der Waals surface area contributed by atoms with E-state index in [9.17, 15) is 0 Å². The van der Waals surface area contributed by atoms with Gasteiger partial charge in [0, 0.05) is 32.7 Å². The van der Waals surface area contributed by atoms with Crippen LogP contribution in [0.25, 0.3) is 0 Å². The highest BCUT2D eigenvalue weighted by atomic mass is 16.5. The van der Waals surface area contributed by atoms with Crippen LogP contribution in [-0.2, 0) is 0 Å². The molecule has 124 valence electrons. The van der Waals surface area contributed by atoms with Gasteiger partial charge >= 0.3 is 0 Å². The molecule has 3 nitrogen and oxygen atoms in total. The number of nitrogens with zero attached hydrogens (tertiary/aromatic N) is 2. The molecule has 3 aliphatic rings. The summed E-state index contributed by atoms with van der Waals surface area (Å²) >= 11 is 0. The molecule has 2 fully saturated rings. The molecule has 0 aromatic heterocycles. The summed E-state index contributed by atoms with van der Waals surface area (Å²) in [6.07, 6.45) is 7.78. The van der Waals surface area contributed by atoms with Crippen molar-refractivity contribution < 1.29 is 4.74 Å². The minimum atomic E-state index is 0.731. The van der Waals surface area contributed by atoms with Crippen LogP contribution in [0.15, 0.2) is 36.4 Å². The summed E-state index contributed by atoms with van der Waals surface area (Å²) in [5.41, 5.74) is 1.26. The number of ether oxygens (including phenoxy) is 1. The molecule has 2 bridgehead atoms. The van der Waals surface area contributed by atoms with Crippen LogP contribution in [0.3, 0.4) is 0 Å². The van der Waals surface area contributed by atoms with E-state index in [2.05, 4.69) is 53.1 Å². The second-order valence-electron chi connectivity index (χ2n) is 7.23. The van der Waals surface area contributed by atoms with Gasteiger partial charge in [0.1, 0.15) is 5.75 Å². The summed E-state index contributed by atoms with van der Waals surface area (Å²) < 4.78 is 5.80. The van der Waals surface area contributed by atoms with Gasteiger partial charge in [0.05, 0.1) is 12.3 Å². The summed E-state index contributed by atoms with van der Waals surface area (Å²) in [6, 6.07) is 8.47. The van der Waals surface area contributed by atoms with E-state index < -0.39 is 0 Å². The van der Waals surface area contributed by atoms with Gasteiger partial charge in [-0.1, -0.05) is 24.3 Å². The average molecular weight is 312 g/mol. The Bertz CT molecular complexity index is 563. The smallest absolute Gasteiger partial charge is 0.142 e. The van der Waals surface area contributed by atoms with Crippen molar-refractivity contribution in [1.29, 1.82) is 0 Å². The monoisotopic (exact) mass is 312 g/mol. The topological polar surface area (TPSA) is 15.7 Å². The van der Waals surface area contributed by atoms with Crippen LogP contribution in [0.4, 0.5) is 5.69 Å². The predicted octanol–water partition coefficient (Wildman–Crippen LogP) is 3.42. The Kier molecular flexibility index (Phi) is 4.30. The van der Waals surface area contributed by atoms with Gasteiger partial charge in [0.25, 0.3) is 0 Å². The predicted molar refractivity (Wildman–Crippen MR) is 95.1 cm³/mol. The molecular formula is C20H28N2O. The Balaban J connectivity index is 1.33. The lowest BCUT2D eigenvalue weighted by molar-refractivity contribution is 0.203. The largest absolute Gasteiger partial charge is 0.492 e. The van der Waals surface area contributed by atoms with Crippen LogP contribution in [-0.4, -0.2) is 44.2 Å². The summed E-state index contributed by atoms with van der Waals surface area (Å²) in [4.78, 5) is 5.17. The second-order valence-corrected chi connectivity index (χ2v) is 7.23. The fourth-order valence-electron chi connectivity index (χ4n) is 4.60. The number of fused-ring (bicyclic) bond motifs is 2. The zero-order valence-electron chi connectivity index (χ0n) is 14.2. The molecule has 1 aromatic rings. The van der Waals surface area contributed by atoms with E-state index in [0.717, 1.165) is 43.2 Å². The maximum Gasteiger partial charge on any atom is 0.142 e. The van der Waals surface area contributed by atoms with Crippen molar-refractivity contribution in [2.45, 2.75) is 19.8 Å². The van der Waals surface area contributed by atoms with Gasteiger partial charge in [-0.05, 0) is 49.7 Å². The molecule has 1 saturated heterocycles. The highest BCUT2D eigenvalue weighted by Gasteiger charge is 2.36. The van der Waals surface area contributed by atoms with E-state index in [-0.39, 0.29) is 0 Å². The van der Waals surface area contributed by atoms with Gasteiger partial charge in [-0.2, -0.15) is 0 Å². The number of allylic oxidation sites excluding steroid dienone is 2. The maximum absolute atomic E-state index is 5.80. The molecule has 0 spiro atoms. The van der Waals surface area contributed by atoms with Crippen LogP contribution >= 0.6 is 0 Å². The van der Waals surface area contributed by atoms with Crippen LogP contribution in [0.5, 0.6) is 5.75 Å². The van der Waals surface area contributed by atoms with Crippen LogP contribution in [0.2, 0.25) is 0 Å². The van der Waals surface area contributed by atoms with E-state index in [1.807, 2.05) is 0 Å². The molecule has 0 unspecified atom stereocenters. The van der Waals surface area contributed by atoms with Gasteiger partial charge in [0.15, 0.2) is 0 Å². The lowest BCUT2D eigenvalue weighted by Crippen LogP contribution is -2.48. The Hall–Kier alpha value is -1.48. The summed E-state index contributed by atoms with van der Waals surface area (Å²) in [6.45, 7) is 8.66. The van der Waals surface area contributed by atoms with Crippen molar-refractivity contribution in [3.8, 4) is 5.75 Å². The lowest BCUT2D eigenvalue weighted by atomic mass is 9.93. The first-order valence-electron chi connectivity index (χ1n) is 9.21. The molecule has 3 atom stereocenters. The highest BCUT2D eigenvalue weighted by molar-refractivity contribution is 5.58. The number of hydrogen-bond donors (Lipinski definition) is 0. The number of benzene rings is 1. The van der Waals surface area contributed by atoms with Crippen molar-refractivity contribution in [3.63, 3.8) is 0 Å². The molecule has 1 aliphatic heterocycles. The number of rotatable bonds is 5. The fraction of sp³-hybridized carbons (Fsp3) is 0.600. The first-order valence-corrected chi connectivity index (χ1v) is 9.21. The molecule has 1 aromatic carbocycles. The maximum atomic E-state index is 5.80. The summed E-state index contributed by atoms with van der Waals surface area (Å²) in [5.74, 6) is 3.70. The second kappa shape index (κ2) is 6.56. The van der Waals surface area contributed by atoms with Crippen LogP contribution in [0, 0.1) is 17.8 Å². The van der Waals surface area contributed by atoms with Gasteiger partial charge in [-0.3, -0.25) is 4.90 Å². The lowest BCUT2D eigenvalue weighted by Gasteiger charge is -2.38. The molecule has 0 N–H and O–H groups in total. The third kappa shape index (κ3) is 3.12. The van der Waals surface area contributed by atoms with E-state index in [4.69, 9.17) is 4.74 Å². The van der Waals surface area contributed by atoms with Crippen molar-refractivity contribution in [3.05, 3.63) is 36.4 Å². The standard InChI is InChI=1S/C20H28N2O/c1-2-23-20-6-4-3-5-19(20)22-11-9-21(10-12-22)15-18-14-16-7-8-17(18)13-16/h3-8,16-18H,2,9-15H2,1H3/t16-,17+,18+/m1/s1. The first kappa shape index (κ1) is 15.1. The minimum Gasteiger partial charge on any atom is -0.492 e. The van der Waals surface area contributed by atoms with Crippen molar-refractivity contribution in [2.24, 2.45) is 17.8 Å². The molecule has 3 heteroatoms. The SMILES string of the molecule is CCOc1ccccc1N1CCN(C[C@@H]2C[C@@H]3C=C[C@H]2C3)CC1. The number of hydrogen-bond acceptors (Lipinski definition) is 3. The van der Waals surface area contributed by atoms with Gasteiger partial charge in [-0.15, -0.1) is 0 Å². The number of piperazine rings is 1. The third-order valence-electron chi connectivity index (χ3n) is 5.79. The van der Waals surface area contributed by atoms with Crippen molar-refractivity contribution in [1.82, 2.24) is 4.90 Å². The zero-order valence-corrected chi connectivity index (χ0v) is 14.2. The Labute approximate surface area is 139 Å². The fourth-order valence-corrected chi connectivity index (χ4v) is 4.60. The molecule has 1 saturated carbocycles. The number of anilines is 1. The quantitative estimate of drug-likeness (QED) is 0.775. The van der Waals surface area contributed by atoms with Crippen LogP contribution in [0.1, 0.15) is 19.8 Å². The summed E-state index contributed by atoms with van der Waals surface area (Å²) in [7, 11) is 0. The first-order chi connectivity index (χ1) is 11.3. The van der Waals surface area contributed by atoms with Crippen molar-refractivity contribution in [2.75, 3.05) is 44.2 Å². The van der Waals surface area contributed by atoms with Gasteiger partial charge in [0.2, 0.25) is 0 Å². The highest BCUT2D eigenvalue weighted by Crippen LogP contribution is 2.43. The average Bonchev–Trinajstić information content (AvgIpc) is 3.19. The van der Waals surface area contributed by atoms with Crippen LogP contribution < -0.4 is 9.64 Å². The Morgan fingerprint density at radius 3 is 2.57 bits per heavy atom. The normalized spacial score (nSPS) is 30.1. The molecule has 2 aliphatic carbocycles. The van der Waals surface area contributed by atoms with E-state index in [1.54, 1.807) is 0 Å². The van der Waals surface area contributed by atoms with E-state index in [0.29, 0.717) is 0 Å². The molecule has 0 amide bonds. The van der Waals surface area contributed by atoms with E-state index in [1.165, 1.54) is 38.2 Å². The number of para-hydroxylation sites is 2. The van der Waals surface area contributed by atoms with E-state index >= 15 is 0 Å². The minimum absolute atomic E-state index is 0.731.